The first kappa shape index (κ1) is 28.7. The first-order valence-electron chi connectivity index (χ1n) is 11.3. The summed E-state index contributed by atoms with van der Waals surface area (Å²) in [6.07, 6.45) is 1.20. The molecule has 0 spiro atoms. The number of hydrogen-bond donors (Lipinski definition) is 1. The Kier molecular flexibility index (Phi) is 9.63. The molecule has 3 aromatic rings. The standard InChI is InChI=1S/C27H20Cl4N2O3S2/c28-20-10-8-19(9-11-20)23(34)32-25(27(29,30)31)36-21-12-6-18(7-13-21)16-22-24(35)33(26(37)38-22)15-14-17-4-2-1-3-5-17/h1-13,16,25H,14-15H2,(H,32,34)/b22-16-/t25-/m1/s1. The Hall–Kier alpha value is -2.26. The van der Waals surface area contributed by atoms with Crippen molar-refractivity contribution in [1.82, 2.24) is 10.2 Å². The lowest BCUT2D eigenvalue weighted by atomic mass is 10.1. The van der Waals surface area contributed by atoms with Crippen molar-refractivity contribution in [2.24, 2.45) is 0 Å². The quantitative estimate of drug-likeness (QED) is 0.123. The van der Waals surface area contributed by atoms with Crippen LogP contribution in [0.25, 0.3) is 6.08 Å². The smallest absolute Gasteiger partial charge is 0.266 e. The lowest BCUT2D eigenvalue weighted by Crippen LogP contribution is -2.47. The van der Waals surface area contributed by atoms with E-state index in [0.29, 0.717) is 38.5 Å². The van der Waals surface area contributed by atoms with Crippen LogP contribution in [-0.4, -0.2) is 37.6 Å². The molecule has 196 valence electrons. The maximum atomic E-state index is 12.9. The van der Waals surface area contributed by atoms with Crippen LogP contribution in [0.2, 0.25) is 5.02 Å². The topological polar surface area (TPSA) is 58.6 Å². The summed E-state index contributed by atoms with van der Waals surface area (Å²) in [5.41, 5.74) is 2.23. The predicted octanol–water partition coefficient (Wildman–Crippen LogP) is 7.29. The first-order valence-corrected chi connectivity index (χ1v) is 14.0. The zero-order valence-electron chi connectivity index (χ0n) is 19.6. The van der Waals surface area contributed by atoms with Gasteiger partial charge >= 0.3 is 0 Å². The highest BCUT2D eigenvalue weighted by atomic mass is 35.6. The number of thiocarbonyl (C=S) groups is 1. The molecule has 5 nitrogen and oxygen atoms in total. The van der Waals surface area contributed by atoms with Crippen LogP contribution in [0.3, 0.4) is 0 Å². The molecule has 0 unspecified atom stereocenters. The van der Waals surface area contributed by atoms with Crippen LogP contribution in [-0.2, 0) is 11.2 Å². The van der Waals surface area contributed by atoms with Crippen molar-refractivity contribution in [3.05, 3.63) is 105 Å². The van der Waals surface area contributed by atoms with Gasteiger partial charge in [-0.05, 0) is 60.0 Å². The van der Waals surface area contributed by atoms with Gasteiger partial charge in [-0.3, -0.25) is 14.5 Å². The summed E-state index contributed by atoms with van der Waals surface area (Å²) < 4.78 is 4.35. The summed E-state index contributed by atoms with van der Waals surface area (Å²) in [7, 11) is 0. The minimum absolute atomic E-state index is 0.127. The molecule has 1 heterocycles. The third kappa shape index (κ3) is 7.65. The minimum atomic E-state index is -1.95. The molecule has 3 aromatic carbocycles. The number of rotatable bonds is 8. The van der Waals surface area contributed by atoms with E-state index in [1.807, 2.05) is 30.3 Å². The lowest BCUT2D eigenvalue weighted by Gasteiger charge is -2.26. The highest BCUT2D eigenvalue weighted by molar-refractivity contribution is 8.26. The molecule has 0 aromatic heterocycles. The highest BCUT2D eigenvalue weighted by Crippen LogP contribution is 2.34. The van der Waals surface area contributed by atoms with E-state index in [1.165, 1.54) is 11.8 Å². The molecule has 4 rings (SSSR count). The van der Waals surface area contributed by atoms with Crippen molar-refractivity contribution in [3.8, 4) is 5.75 Å². The van der Waals surface area contributed by atoms with Gasteiger partial charge in [-0.1, -0.05) is 113 Å². The second kappa shape index (κ2) is 12.7. The molecule has 1 atom stereocenters. The fraction of sp³-hybridized carbons (Fsp3) is 0.148. The molecule has 11 heteroatoms. The average Bonchev–Trinajstić information content (AvgIpc) is 3.15. The van der Waals surface area contributed by atoms with Gasteiger partial charge in [-0.2, -0.15) is 0 Å². The lowest BCUT2D eigenvalue weighted by molar-refractivity contribution is -0.122. The Morgan fingerprint density at radius 1 is 1.03 bits per heavy atom. The minimum Gasteiger partial charge on any atom is -0.466 e. The van der Waals surface area contributed by atoms with E-state index in [9.17, 15) is 9.59 Å². The molecule has 2 amide bonds. The molecule has 1 saturated heterocycles. The highest BCUT2D eigenvalue weighted by Gasteiger charge is 2.36. The summed E-state index contributed by atoms with van der Waals surface area (Å²) in [6.45, 7) is 0.513. The Bertz CT molecular complexity index is 1350. The van der Waals surface area contributed by atoms with Gasteiger partial charge in [-0.15, -0.1) is 0 Å². The number of ether oxygens (including phenoxy) is 1. The number of benzene rings is 3. The van der Waals surface area contributed by atoms with E-state index in [-0.39, 0.29) is 5.91 Å². The number of amides is 2. The van der Waals surface area contributed by atoms with E-state index in [4.69, 9.17) is 63.4 Å². The number of nitrogens with one attached hydrogen (secondary N) is 1. The molecule has 0 radical (unpaired) electrons. The summed E-state index contributed by atoms with van der Waals surface area (Å²) >= 11 is 30.8. The van der Waals surface area contributed by atoms with Crippen LogP contribution in [0, 0.1) is 0 Å². The molecule has 0 saturated carbocycles. The summed E-state index contributed by atoms with van der Waals surface area (Å²) in [5.74, 6) is -0.272. The maximum Gasteiger partial charge on any atom is 0.266 e. The largest absolute Gasteiger partial charge is 0.466 e. The fourth-order valence-corrected chi connectivity index (χ4v) is 5.22. The average molecular weight is 626 g/mol. The molecular formula is C27H20Cl4N2O3S2. The van der Waals surface area contributed by atoms with Gasteiger partial charge in [0.25, 0.3) is 11.8 Å². The monoisotopic (exact) mass is 624 g/mol. The van der Waals surface area contributed by atoms with Crippen LogP contribution in [0.4, 0.5) is 0 Å². The summed E-state index contributed by atoms with van der Waals surface area (Å²) in [4.78, 5) is 27.7. The Labute approximate surface area is 250 Å². The normalized spacial score (nSPS) is 15.6. The zero-order chi connectivity index (χ0) is 27.3. The Morgan fingerprint density at radius 3 is 2.32 bits per heavy atom. The van der Waals surface area contributed by atoms with Gasteiger partial charge in [-0.25, -0.2) is 0 Å². The maximum absolute atomic E-state index is 12.9. The van der Waals surface area contributed by atoms with Crippen molar-refractivity contribution >= 4 is 92.6 Å². The van der Waals surface area contributed by atoms with Gasteiger partial charge in [0.1, 0.15) is 10.1 Å². The van der Waals surface area contributed by atoms with Gasteiger partial charge in [0, 0.05) is 17.1 Å². The van der Waals surface area contributed by atoms with E-state index in [2.05, 4.69) is 5.32 Å². The number of nitrogens with zero attached hydrogens (tertiary/aromatic N) is 1. The van der Waals surface area contributed by atoms with Crippen molar-refractivity contribution in [3.63, 3.8) is 0 Å². The van der Waals surface area contributed by atoms with Crippen molar-refractivity contribution in [2.75, 3.05) is 6.54 Å². The third-order valence-electron chi connectivity index (χ3n) is 5.44. The summed E-state index contributed by atoms with van der Waals surface area (Å²) in [5, 5.41) is 3.06. The van der Waals surface area contributed by atoms with Crippen LogP contribution < -0.4 is 10.1 Å². The molecule has 1 aliphatic heterocycles. The molecular weight excluding hydrogens is 606 g/mol. The number of carbonyl (C=O) groups excluding carboxylic acids is 2. The number of carbonyl (C=O) groups is 2. The van der Waals surface area contributed by atoms with Gasteiger partial charge < -0.3 is 10.1 Å². The van der Waals surface area contributed by atoms with Gasteiger partial charge in [0.05, 0.1) is 4.91 Å². The van der Waals surface area contributed by atoms with E-state index in [1.54, 1.807) is 59.5 Å². The fourth-order valence-electron chi connectivity index (χ4n) is 3.49. The molecule has 0 bridgehead atoms. The van der Waals surface area contributed by atoms with Crippen LogP contribution in [0.1, 0.15) is 21.5 Å². The van der Waals surface area contributed by atoms with E-state index >= 15 is 0 Å². The second-order valence-corrected chi connectivity index (χ2v) is 12.6. The van der Waals surface area contributed by atoms with Gasteiger partial charge in [0.2, 0.25) is 10.0 Å². The summed E-state index contributed by atoms with van der Waals surface area (Å²) in [6, 6.07) is 23.0. The second-order valence-electron chi connectivity index (χ2n) is 8.16. The van der Waals surface area contributed by atoms with Crippen LogP contribution in [0.5, 0.6) is 5.75 Å². The number of hydrogen-bond acceptors (Lipinski definition) is 5. The van der Waals surface area contributed by atoms with Crippen LogP contribution in [0.15, 0.2) is 83.8 Å². The number of halogens is 4. The van der Waals surface area contributed by atoms with Gasteiger partial charge in [0.15, 0.2) is 0 Å². The number of thioether (sulfide) groups is 1. The molecule has 1 aliphatic rings. The number of alkyl halides is 3. The molecule has 0 aliphatic carbocycles. The van der Waals surface area contributed by atoms with E-state index in [0.717, 1.165) is 11.1 Å². The van der Waals surface area contributed by atoms with E-state index < -0.39 is 15.9 Å². The molecule has 1 fully saturated rings. The molecule has 1 N–H and O–H groups in total. The zero-order valence-corrected chi connectivity index (χ0v) is 24.2. The van der Waals surface area contributed by atoms with Crippen LogP contribution >= 0.6 is 70.4 Å². The SMILES string of the molecule is O=C(N[C@H](Oc1ccc(/C=C2\SC(=S)N(CCc3ccccc3)C2=O)cc1)C(Cl)(Cl)Cl)c1ccc(Cl)cc1. The van der Waals surface area contributed by atoms with Crippen molar-refractivity contribution in [2.45, 2.75) is 16.4 Å². The Morgan fingerprint density at radius 2 is 1.68 bits per heavy atom. The van der Waals surface area contributed by atoms with Crippen molar-refractivity contribution < 1.29 is 14.3 Å². The molecule has 38 heavy (non-hydrogen) atoms. The predicted molar refractivity (Wildman–Crippen MR) is 160 cm³/mol. The Balaban J connectivity index is 1.40. The van der Waals surface area contributed by atoms with Crippen molar-refractivity contribution in [1.29, 1.82) is 0 Å². The first-order chi connectivity index (χ1) is 18.1. The third-order valence-corrected chi connectivity index (χ3v) is 7.66.